The second kappa shape index (κ2) is 6.87. The normalized spacial score (nSPS) is 13.2. The van der Waals surface area contributed by atoms with Gasteiger partial charge >= 0.3 is 5.51 Å². The number of thioether (sulfide) groups is 2. The van der Waals surface area contributed by atoms with E-state index in [0.29, 0.717) is 4.90 Å². The zero-order valence-electron chi connectivity index (χ0n) is 11.2. The summed E-state index contributed by atoms with van der Waals surface area (Å²) in [6.45, 7) is 0. The highest BCUT2D eigenvalue weighted by Gasteiger charge is 2.29. The fourth-order valence-electron chi connectivity index (χ4n) is 1.84. The molecule has 2 rings (SSSR count). The molecule has 0 amide bonds. The molecular formula is C14H10F5NS2. The minimum absolute atomic E-state index is 0.0521. The van der Waals surface area contributed by atoms with E-state index in [1.807, 2.05) is 0 Å². The topological polar surface area (TPSA) is 12.9 Å². The van der Waals surface area contributed by atoms with Crippen molar-refractivity contribution in [1.82, 2.24) is 4.98 Å². The smallest absolute Gasteiger partial charge is 0.260 e. The van der Waals surface area contributed by atoms with E-state index in [-0.39, 0.29) is 27.8 Å². The van der Waals surface area contributed by atoms with Crippen molar-refractivity contribution in [2.45, 2.75) is 21.5 Å². The van der Waals surface area contributed by atoms with Gasteiger partial charge in [0.25, 0.3) is 0 Å². The lowest BCUT2D eigenvalue weighted by molar-refractivity contribution is -0.0328. The van der Waals surface area contributed by atoms with Crippen molar-refractivity contribution in [2.24, 2.45) is 0 Å². The average molecular weight is 351 g/mol. The molecule has 1 unspecified atom stereocenters. The maximum Gasteiger partial charge on any atom is 0.446 e. The van der Waals surface area contributed by atoms with Crippen LogP contribution in [0.5, 0.6) is 0 Å². The lowest BCUT2D eigenvalue weighted by atomic mass is 10.0. The van der Waals surface area contributed by atoms with Crippen LogP contribution in [0.15, 0.2) is 46.5 Å². The number of hydrogen-bond donors (Lipinski definition) is 0. The van der Waals surface area contributed by atoms with Gasteiger partial charge in [0.1, 0.15) is 5.82 Å². The number of nitrogens with zero attached hydrogens (tertiary/aromatic N) is 1. The first-order valence-electron chi connectivity index (χ1n) is 5.99. The summed E-state index contributed by atoms with van der Waals surface area (Å²) in [5, 5.41) is 0. The largest absolute Gasteiger partial charge is 0.446 e. The van der Waals surface area contributed by atoms with Crippen LogP contribution in [-0.2, 0) is 0 Å². The van der Waals surface area contributed by atoms with Crippen LogP contribution in [0.4, 0.5) is 22.0 Å². The molecule has 1 heterocycles. The molecule has 8 heteroatoms. The molecule has 0 N–H and O–H groups in total. The molecular weight excluding hydrogens is 341 g/mol. The standard InChI is InChI=1S/C14H10F5NS2/c1-21-11-7-20-6-10(15)12(11)13(16)8-2-4-9(5-3-8)22-14(17,18)19/h2-7,13H,1H3. The Kier molecular flexibility index (Phi) is 5.33. The van der Waals surface area contributed by atoms with E-state index in [1.54, 1.807) is 6.26 Å². The van der Waals surface area contributed by atoms with Crippen molar-refractivity contribution in [2.75, 3.05) is 6.26 Å². The fraction of sp³-hybridized carbons (Fsp3) is 0.214. The third-order valence-corrected chi connectivity index (χ3v) is 4.29. The van der Waals surface area contributed by atoms with Gasteiger partial charge in [0.05, 0.1) is 6.20 Å². The van der Waals surface area contributed by atoms with Crippen LogP contribution >= 0.6 is 23.5 Å². The summed E-state index contributed by atoms with van der Waals surface area (Å²) in [4.78, 5) is 3.95. The van der Waals surface area contributed by atoms with Crippen molar-refractivity contribution in [3.05, 3.63) is 53.6 Å². The molecule has 1 nitrogen and oxygen atoms in total. The summed E-state index contributed by atoms with van der Waals surface area (Å²) in [7, 11) is 0. The first kappa shape index (κ1) is 17.1. The summed E-state index contributed by atoms with van der Waals surface area (Å²) in [6.07, 6.45) is 2.16. The van der Waals surface area contributed by atoms with Gasteiger partial charge in [0.2, 0.25) is 0 Å². The Bertz CT molecular complexity index is 643. The summed E-state index contributed by atoms with van der Waals surface area (Å²) in [5.41, 5.74) is -4.47. The number of rotatable bonds is 4. The highest BCUT2D eigenvalue weighted by atomic mass is 32.2. The molecule has 0 aliphatic heterocycles. The molecule has 1 aromatic heterocycles. The maximum absolute atomic E-state index is 14.5. The van der Waals surface area contributed by atoms with Gasteiger partial charge in [-0.2, -0.15) is 13.2 Å². The van der Waals surface area contributed by atoms with E-state index in [2.05, 4.69) is 4.98 Å². The Balaban J connectivity index is 2.29. The molecule has 0 saturated carbocycles. The number of pyridine rings is 1. The first-order valence-corrected chi connectivity index (χ1v) is 8.03. The van der Waals surface area contributed by atoms with Crippen LogP contribution in [0, 0.1) is 5.82 Å². The van der Waals surface area contributed by atoms with E-state index in [0.717, 1.165) is 30.1 Å². The lowest BCUT2D eigenvalue weighted by Crippen LogP contribution is -2.02. The predicted molar refractivity (Wildman–Crippen MR) is 77.3 cm³/mol. The van der Waals surface area contributed by atoms with Crippen LogP contribution in [0.1, 0.15) is 17.3 Å². The molecule has 118 valence electrons. The number of hydrogen-bond acceptors (Lipinski definition) is 3. The quantitative estimate of drug-likeness (QED) is 0.525. The average Bonchev–Trinajstić information content (AvgIpc) is 2.45. The van der Waals surface area contributed by atoms with Gasteiger partial charge in [-0.05, 0) is 35.7 Å². The van der Waals surface area contributed by atoms with E-state index in [4.69, 9.17) is 0 Å². The highest BCUT2D eigenvalue weighted by molar-refractivity contribution is 8.00. The molecule has 1 aromatic carbocycles. The summed E-state index contributed by atoms with van der Waals surface area (Å²) in [6, 6.07) is 4.78. The van der Waals surface area contributed by atoms with Crippen molar-refractivity contribution >= 4 is 23.5 Å². The van der Waals surface area contributed by atoms with Crippen molar-refractivity contribution < 1.29 is 22.0 Å². The molecule has 0 saturated heterocycles. The van der Waals surface area contributed by atoms with Gasteiger partial charge in [0, 0.05) is 21.6 Å². The van der Waals surface area contributed by atoms with Crippen molar-refractivity contribution in [3.63, 3.8) is 0 Å². The minimum Gasteiger partial charge on any atom is -0.260 e. The second-order valence-electron chi connectivity index (χ2n) is 4.22. The maximum atomic E-state index is 14.5. The first-order chi connectivity index (χ1) is 10.3. The van der Waals surface area contributed by atoms with E-state index < -0.39 is 17.5 Å². The molecule has 0 aliphatic rings. The lowest BCUT2D eigenvalue weighted by Gasteiger charge is -2.14. The highest BCUT2D eigenvalue weighted by Crippen LogP contribution is 2.39. The van der Waals surface area contributed by atoms with E-state index >= 15 is 0 Å². The number of alkyl halides is 4. The van der Waals surface area contributed by atoms with Gasteiger partial charge < -0.3 is 0 Å². The third-order valence-electron chi connectivity index (χ3n) is 2.78. The Morgan fingerprint density at radius 2 is 1.73 bits per heavy atom. The Labute approximate surface area is 132 Å². The van der Waals surface area contributed by atoms with Crippen LogP contribution < -0.4 is 0 Å². The number of benzene rings is 1. The monoisotopic (exact) mass is 351 g/mol. The zero-order chi connectivity index (χ0) is 16.3. The molecule has 0 bridgehead atoms. The zero-order valence-corrected chi connectivity index (χ0v) is 12.8. The molecule has 0 radical (unpaired) electrons. The van der Waals surface area contributed by atoms with Crippen molar-refractivity contribution in [3.8, 4) is 0 Å². The van der Waals surface area contributed by atoms with Gasteiger partial charge in [-0.3, -0.25) is 4.98 Å². The van der Waals surface area contributed by atoms with Gasteiger partial charge in [-0.15, -0.1) is 11.8 Å². The van der Waals surface area contributed by atoms with E-state index in [9.17, 15) is 22.0 Å². The van der Waals surface area contributed by atoms with Gasteiger partial charge in [-0.25, -0.2) is 8.78 Å². The molecule has 0 fully saturated rings. The SMILES string of the molecule is CSc1cncc(F)c1C(F)c1ccc(SC(F)(F)F)cc1. The summed E-state index contributed by atoms with van der Waals surface area (Å²) < 4.78 is 65.1. The van der Waals surface area contributed by atoms with Gasteiger partial charge in [-0.1, -0.05) is 12.1 Å². The molecule has 0 spiro atoms. The molecule has 2 aromatic rings. The van der Waals surface area contributed by atoms with Crippen LogP contribution in [0.25, 0.3) is 0 Å². The van der Waals surface area contributed by atoms with Crippen LogP contribution in [0.2, 0.25) is 0 Å². The number of aromatic nitrogens is 1. The third kappa shape index (κ3) is 4.13. The summed E-state index contributed by atoms with van der Waals surface area (Å²) >= 11 is 0.865. The predicted octanol–water partition coefficient (Wildman–Crippen LogP) is 5.61. The molecule has 0 aliphatic carbocycles. The fourth-order valence-corrected chi connectivity index (χ4v) is 2.97. The van der Waals surface area contributed by atoms with Crippen LogP contribution in [-0.4, -0.2) is 16.7 Å². The summed E-state index contributed by atoms with van der Waals surface area (Å²) in [5.74, 6) is -0.784. The molecule has 22 heavy (non-hydrogen) atoms. The second-order valence-corrected chi connectivity index (χ2v) is 6.20. The van der Waals surface area contributed by atoms with Crippen LogP contribution in [0.3, 0.4) is 0 Å². The van der Waals surface area contributed by atoms with Gasteiger partial charge in [0.15, 0.2) is 6.17 Å². The Morgan fingerprint density at radius 1 is 1.09 bits per heavy atom. The molecule has 1 atom stereocenters. The van der Waals surface area contributed by atoms with E-state index in [1.165, 1.54) is 18.3 Å². The Morgan fingerprint density at radius 3 is 2.27 bits per heavy atom. The minimum atomic E-state index is -4.40. The van der Waals surface area contributed by atoms with Crippen molar-refractivity contribution in [1.29, 1.82) is 0 Å². The Hall–Kier alpha value is -1.28. The number of halogens is 5.